The molecule has 0 N–H and O–H groups in total. The third-order valence-electron chi connectivity index (χ3n) is 1.91. The maximum absolute atomic E-state index is 5.21. The summed E-state index contributed by atoms with van der Waals surface area (Å²) in [5.41, 5.74) is 0. The Morgan fingerprint density at radius 1 is 1.67 bits per heavy atom. The molecule has 0 aromatic heterocycles. The van der Waals surface area contributed by atoms with Crippen molar-refractivity contribution >= 4 is 6.40 Å². The van der Waals surface area contributed by atoms with Crippen LogP contribution >= 0.6 is 0 Å². The van der Waals surface area contributed by atoms with Gasteiger partial charge in [-0.25, -0.2) is 4.99 Å². The number of rotatable bonds is 0. The molecule has 9 heavy (non-hydrogen) atoms. The zero-order valence-corrected chi connectivity index (χ0v) is 5.45. The number of ether oxygens (including phenoxy) is 1. The van der Waals surface area contributed by atoms with Crippen LogP contribution in [-0.2, 0) is 4.74 Å². The van der Waals surface area contributed by atoms with Crippen LogP contribution < -0.4 is 0 Å². The van der Waals surface area contributed by atoms with Crippen molar-refractivity contribution in [1.29, 1.82) is 0 Å². The van der Waals surface area contributed by atoms with Crippen molar-refractivity contribution in [2.45, 2.75) is 12.1 Å². The Morgan fingerprint density at radius 2 is 2.56 bits per heavy atom. The van der Waals surface area contributed by atoms with Crippen LogP contribution in [0.15, 0.2) is 4.99 Å². The molecule has 0 radical (unpaired) electrons. The van der Waals surface area contributed by atoms with Gasteiger partial charge in [0, 0.05) is 13.1 Å². The minimum Gasteiger partial charge on any atom is -0.477 e. The molecular formula is C6H10N2O. The molecule has 2 rings (SSSR count). The highest BCUT2D eigenvalue weighted by Crippen LogP contribution is 2.17. The lowest BCUT2D eigenvalue weighted by atomic mass is 10.2. The van der Waals surface area contributed by atoms with Crippen molar-refractivity contribution in [3.8, 4) is 0 Å². The average molecular weight is 126 g/mol. The van der Waals surface area contributed by atoms with Gasteiger partial charge < -0.3 is 9.64 Å². The summed E-state index contributed by atoms with van der Waals surface area (Å²) >= 11 is 0. The van der Waals surface area contributed by atoms with Crippen molar-refractivity contribution in [3.63, 3.8) is 0 Å². The molecule has 0 bridgehead atoms. The van der Waals surface area contributed by atoms with E-state index in [1.165, 1.54) is 0 Å². The van der Waals surface area contributed by atoms with E-state index in [1.807, 2.05) is 0 Å². The van der Waals surface area contributed by atoms with E-state index in [0.717, 1.165) is 13.1 Å². The first-order valence-corrected chi connectivity index (χ1v) is 3.22. The number of aliphatic imine (C=N–C) groups is 1. The normalized spacial score (nSPS) is 41.0. The molecule has 0 saturated carbocycles. The van der Waals surface area contributed by atoms with Gasteiger partial charge in [-0.15, -0.1) is 0 Å². The first kappa shape index (κ1) is 5.23. The highest BCUT2D eigenvalue weighted by molar-refractivity contribution is 5.50. The van der Waals surface area contributed by atoms with Crippen molar-refractivity contribution in [2.75, 3.05) is 20.1 Å². The van der Waals surface area contributed by atoms with Crippen molar-refractivity contribution in [2.24, 2.45) is 4.99 Å². The summed E-state index contributed by atoms with van der Waals surface area (Å²) < 4.78 is 5.21. The fourth-order valence-corrected chi connectivity index (χ4v) is 1.41. The highest BCUT2D eigenvalue weighted by Gasteiger charge is 2.34. The molecule has 1 saturated heterocycles. The van der Waals surface area contributed by atoms with Gasteiger partial charge in [0.05, 0.1) is 0 Å². The molecule has 2 unspecified atom stereocenters. The zero-order valence-electron chi connectivity index (χ0n) is 5.45. The lowest BCUT2D eigenvalue weighted by molar-refractivity contribution is 0.218. The molecule has 3 heteroatoms. The Morgan fingerprint density at radius 3 is 3.33 bits per heavy atom. The quantitative estimate of drug-likeness (QED) is 0.446. The van der Waals surface area contributed by atoms with Gasteiger partial charge in [-0.3, -0.25) is 0 Å². The van der Waals surface area contributed by atoms with E-state index < -0.39 is 0 Å². The van der Waals surface area contributed by atoms with Crippen LogP contribution in [0.1, 0.15) is 0 Å². The zero-order chi connectivity index (χ0) is 6.27. The van der Waals surface area contributed by atoms with Gasteiger partial charge in [-0.2, -0.15) is 0 Å². The minimum atomic E-state index is 0.356. The van der Waals surface area contributed by atoms with Gasteiger partial charge in [0.1, 0.15) is 12.1 Å². The Labute approximate surface area is 54.3 Å². The van der Waals surface area contributed by atoms with E-state index >= 15 is 0 Å². The Hall–Kier alpha value is -0.570. The van der Waals surface area contributed by atoms with Gasteiger partial charge in [0.25, 0.3) is 0 Å². The van der Waals surface area contributed by atoms with Gasteiger partial charge >= 0.3 is 0 Å². The summed E-state index contributed by atoms with van der Waals surface area (Å²) in [6, 6.07) is 0.426. The summed E-state index contributed by atoms with van der Waals surface area (Å²) in [6.45, 7) is 2.09. The molecule has 0 aromatic carbocycles. The van der Waals surface area contributed by atoms with Gasteiger partial charge in [-0.05, 0) is 7.05 Å². The monoisotopic (exact) mass is 126 g/mol. The molecule has 2 atom stereocenters. The maximum Gasteiger partial charge on any atom is 0.170 e. The summed E-state index contributed by atoms with van der Waals surface area (Å²) in [5, 5.41) is 0. The maximum atomic E-state index is 5.21. The first-order valence-electron chi connectivity index (χ1n) is 3.22. The summed E-state index contributed by atoms with van der Waals surface area (Å²) in [7, 11) is 2.09. The Balaban J connectivity index is 2.08. The van der Waals surface area contributed by atoms with E-state index in [9.17, 15) is 0 Å². The summed E-state index contributed by atoms with van der Waals surface area (Å²) in [4.78, 5) is 6.40. The largest absolute Gasteiger partial charge is 0.477 e. The molecular weight excluding hydrogens is 116 g/mol. The van der Waals surface area contributed by atoms with Crippen LogP contribution in [0.5, 0.6) is 0 Å². The van der Waals surface area contributed by atoms with Crippen LogP contribution in [-0.4, -0.2) is 43.6 Å². The standard InChI is InChI=1S/C6H10N2O/c1-8-2-5-6(3-8)9-4-7-5/h4-6H,2-3H2,1H3. The lowest BCUT2D eigenvalue weighted by Gasteiger charge is -2.05. The number of likely N-dealkylation sites (tertiary alicyclic amines) is 1. The van der Waals surface area contributed by atoms with Gasteiger partial charge in [0.15, 0.2) is 6.40 Å². The Kier molecular flexibility index (Phi) is 0.990. The van der Waals surface area contributed by atoms with E-state index in [0.29, 0.717) is 12.1 Å². The third-order valence-corrected chi connectivity index (χ3v) is 1.91. The van der Waals surface area contributed by atoms with Crippen LogP contribution in [0.2, 0.25) is 0 Å². The Bertz CT molecular complexity index is 146. The van der Waals surface area contributed by atoms with Crippen LogP contribution in [0.3, 0.4) is 0 Å². The number of fused-ring (bicyclic) bond motifs is 1. The smallest absolute Gasteiger partial charge is 0.170 e. The van der Waals surface area contributed by atoms with E-state index in [4.69, 9.17) is 4.74 Å². The molecule has 0 amide bonds. The number of likely N-dealkylation sites (N-methyl/N-ethyl adjacent to an activating group) is 1. The second-order valence-electron chi connectivity index (χ2n) is 2.72. The van der Waals surface area contributed by atoms with E-state index in [-0.39, 0.29) is 0 Å². The first-order chi connectivity index (χ1) is 4.36. The van der Waals surface area contributed by atoms with Crippen LogP contribution in [0.4, 0.5) is 0 Å². The molecule has 2 heterocycles. The molecule has 3 nitrogen and oxygen atoms in total. The second kappa shape index (κ2) is 1.70. The predicted octanol–water partition coefficient (Wildman–Crippen LogP) is -0.273. The molecule has 0 aromatic rings. The molecule has 2 aliphatic rings. The topological polar surface area (TPSA) is 24.8 Å². The number of hydrogen-bond acceptors (Lipinski definition) is 3. The van der Waals surface area contributed by atoms with Crippen molar-refractivity contribution < 1.29 is 4.74 Å². The third kappa shape index (κ3) is 0.721. The van der Waals surface area contributed by atoms with Crippen LogP contribution in [0, 0.1) is 0 Å². The summed E-state index contributed by atoms with van der Waals surface area (Å²) in [6.07, 6.45) is 1.94. The SMILES string of the molecule is CN1CC2N=COC2C1. The number of hydrogen-bond donors (Lipinski definition) is 0. The van der Waals surface area contributed by atoms with E-state index in [2.05, 4.69) is 16.9 Å². The number of nitrogens with zero attached hydrogens (tertiary/aromatic N) is 2. The fourth-order valence-electron chi connectivity index (χ4n) is 1.41. The highest BCUT2D eigenvalue weighted by atomic mass is 16.5. The fraction of sp³-hybridized carbons (Fsp3) is 0.833. The summed E-state index contributed by atoms with van der Waals surface area (Å²) in [5.74, 6) is 0. The molecule has 2 aliphatic heterocycles. The average Bonchev–Trinajstić information content (AvgIpc) is 2.22. The predicted molar refractivity (Wildman–Crippen MR) is 34.6 cm³/mol. The second-order valence-corrected chi connectivity index (χ2v) is 2.72. The lowest BCUT2D eigenvalue weighted by Crippen LogP contribution is -2.19. The molecule has 50 valence electrons. The minimum absolute atomic E-state index is 0.356. The molecule has 0 spiro atoms. The van der Waals surface area contributed by atoms with Crippen molar-refractivity contribution in [1.82, 2.24) is 4.90 Å². The van der Waals surface area contributed by atoms with E-state index in [1.54, 1.807) is 6.40 Å². The molecule has 0 aliphatic carbocycles. The van der Waals surface area contributed by atoms with Gasteiger partial charge in [-0.1, -0.05) is 0 Å². The van der Waals surface area contributed by atoms with Crippen molar-refractivity contribution in [3.05, 3.63) is 0 Å². The van der Waals surface area contributed by atoms with Gasteiger partial charge in [0.2, 0.25) is 0 Å². The van der Waals surface area contributed by atoms with Crippen LogP contribution in [0.25, 0.3) is 0 Å². The molecule has 1 fully saturated rings.